The van der Waals surface area contributed by atoms with Gasteiger partial charge < -0.3 is 4.74 Å². The predicted molar refractivity (Wildman–Crippen MR) is 142 cm³/mol. The molecule has 1 saturated heterocycles. The molecule has 0 radical (unpaired) electrons. The molecule has 3 aromatic carbocycles. The second-order valence-corrected chi connectivity index (χ2v) is 11.9. The quantitative estimate of drug-likeness (QED) is 0.312. The summed E-state index contributed by atoms with van der Waals surface area (Å²) in [5.41, 5.74) is 0.865. The lowest BCUT2D eigenvalue weighted by molar-refractivity contribution is -0.123. The number of carbonyl (C=O) groups is 1. The number of fused-ring (bicyclic) bond motifs is 1. The van der Waals surface area contributed by atoms with Gasteiger partial charge >= 0.3 is 0 Å². The minimum atomic E-state index is -3.72. The topological polar surface area (TPSA) is 79.8 Å². The van der Waals surface area contributed by atoms with E-state index in [-0.39, 0.29) is 41.1 Å². The average molecular weight is 558 g/mol. The molecule has 1 aliphatic heterocycles. The first-order valence-corrected chi connectivity index (χ1v) is 14.3. The van der Waals surface area contributed by atoms with Gasteiger partial charge in [-0.3, -0.25) is 9.69 Å². The van der Waals surface area contributed by atoms with Crippen molar-refractivity contribution in [2.75, 3.05) is 25.1 Å². The van der Waals surface area contributed by atoms with Crippen molar-refractivity contribution in [1.82, 2.24) is 9.29 Å². The Bertz CT molecular complexity index is 1550. The number of thiazole rings is 1. The fourth-order valence-electron chi connectivity index (χ4n) is 4.53. The van der Waals surface area contributed by atoms with Crippen LogP contribution in [0, 0.1) is 17.6 Å². The summed E-state index contributed by atoms with van der Waals surface area (Å²) in [6, 6.07) is 17.5. The van der Waals surface area contributed by atoms with E-state index in [0.29, 0.717) is 23.3 Å². The fourth-order valence-corrected chi connectivity index (χ4v) is 7.01. The molecule has 1 aromatic heterocycles. The van der Waals surface area contributed by atoms with Crippen LogP contribution in [0.4, 0.5) is 13.9 Å². The lowest BCUT2D eigenvalue weighted by Gasteiger charge is -2.33. The third-order valence-electron chi connectivity index (χ3n) is 6.58. The van der Waals surface area contributed by atoms with E-state index in [1.807, 2.05) is 30.3 Å². The van der Waals surface area contributed by atoms with E-state index in [4.69, 9.17) is 4.74 Å². The Labute approximate surface area is 223 Å². The van der Waals surface area contributed by atoms with Crippen molar-refractivity contribution in [2.45, 2.75) is 24.3 Å². The highest BCUT2D eigenvalue weighted by atomic mass is 32.2. The average Bonchev–Trinajstić information content (AvgIpc) is 3.36. The van der Waals surface area contributed by atoms with Gasteiger partial charge in [-0.25, -0.2) is 22.2 Å². The first-order valence-electron chi connectivity index (χ1n) is 12.0. The molecule has 4 aromatic rings. The molecule has 0 aliphatic carbocycles. The van der Waals surface area contributed by atoms with Gasteiger partial charge in [0, 0.05) is 25.1 Å². The summed E-state index contributed by atoms with van der Waals surface area (Å²) in [6.07, 6.45) is 0.654. The summed E-state index contributed by atoms with van der Waals surface area (Å²) in [7, 11) is -2.21. The van der Waals surface area contributed by atoms with Crippen molar-refractivity contribution in [1.29, 1.82) is 0 Å². The van der Waals surface area contributed by atoms with Crippen molar-refractivity contribution in [3.8, 4) is 5.75 Å². The van der Waals surface area contributed by atoms with Gasteiger partial charge in [0.05, 0.1) is 23.2 Å². The molecule has 0 spiro atoms. The number of sulfonamides is 1. The van der Waals surface area contributed by atoms with Crippen molar-refractivity contribution in [3.63, 3.8) is 0 Å². The molecule has 0 N–H and O–H groups in total. The molecule has 0 bridgehead atoms. The molecule has 198 valence electrons. The van der Waals surface area contributed by atoms with Crippen molar-refractivity contribution in [2.24, 2.45) is 5.92 Å². The molecular formula is C27H25F2N3O4S2. The number of halogens is 2. The summed E-state index contributed by atoms with van der Waals surface area (Å²) in [5.74, 6) is -1.61. The second kappa shape index (κ2) is 10.8. The Morgan fingerprint density at radius 3 is 2.42 bits per heavy atom. The summed E-state index contributed by atoms with van der Waals surface area (Å²) < 4.78 is 61.2. The highest BCUT2D eigenvalue weighted by Crippen LogP contribution is 2.34. The number of aromatic nitrogens is 1. The number of ether oxygens (including phenoxy) is 1. The van der Waals surface area contributed by atoms with Crippen LogP contribution in [0.3, 0.4) is 0 Å². The zero-order chi connectivity index (χ0) is 26.9. The smallest absolute Gasteiger partial charge is 0.243 e. The van der Waals surface area contributed by atoms with E-state index in [1.54, 1.807) is 12.1 Å². The number of amides is 1. The summed E-state index contributed by atoms with van der Waals surface area (Å²) in [4.78, 5) is 19.8. The summed E-state index contributed by atoms with van der Waals surface area (Å²) >= 11 is 1.05. The van der Waals surface area contributed by atoms with Gasteiger partial charge in [-0.2, -0.15) is 4.31 Å². The van der Waals surface area contributed by atoms with Gasteiger partial charge in [0.25, 0.3) is 0 Å². The molecule has 1 fully saturated rings. The van der Waals surface area contributed by atoms with Crippen LogP contribution in [-0.2, 0) is 21.4 Å². The van der Waals surface area contributed by atoms with E-state index < -0.39 is 27.6 Å². The van der Waals surface area contributed by atoms with Crippen LogP contribution in [0.2, 0.25) is 0 Å². The SMILES string of the molecule is COc1ccc(S(=O)(=O)N2CCC(C(=O)N(Cc3ccccc3)c3nc4c(F)cc(F)cc4s3)CC2)cc1. The highest BCUT2D eigenvalue weighted by molar-refractivity contribution is 7.89. The first kappa shape index (κ1) is 26.2. The standard InChI is InChI=1S/C27H25F2N3O4S2/c1-36-21-7-9-22(10-8-21)38(34,35)31-13-11-19(12-14-31)26(33)32(17-18-5-3-2-4-6-18)27-30-25-23(29)15-20(28)16-24(25)37-27/h2-10,15-16,19H,11-14,17H2,1H3. The third-order valence-corrected chi connectivity index (χ3v) is 9.52. The van der Waals surface area contributed by atoms with Crippen LogP contribution >= 0.6 is 11.3 Å². The maximum absolute atomic E-state index is 14.4. The Hall–Kier alpha value is -3.41. The van der Waals surface area contributed by atoms with Crippen LogP contribution < -0.4 is 9.64 Å². The minimum Gasteiger partial charge on any atom is -0.497 e. The number of piperidine rings is 1. The van der Waals surface area contributed by atoms with Crippen molar-refractivity contribution < 1.29 is 26.7 Å². The number of rotatable bonds is 7. The molecule has 0 atom stereocenters. The Morgan fingerprint density at radius 2 is 1.76 bits per heavy atom. The summed E-state index contributed by atoms with van der Waals surface area (Å²) in [5, 5.41) is 0.270. The molecule has 11 heteroatoms. The molecule has 1 aliphatic rings. The zero-order valence-corrected chi connectivity index (χ0v) is 22.1. The number of hydrogen-bond acceptors (Lipinski definition) is 6. The first-order chi connectivity index (χ1) is 18.3. The number of carbonyl (C=O) groups excluding carboxylic acids is 1. The van der Waals surface area contributed by atoms with Crippen LogP contribution in [0.5, 0.6) is 5.75 Å². The van der Waals surface area contributed by atoms with Crippen molar-refractivity contribution in [3.05, 3.63) is 83.9 Å². The lowest BCUT2D eigenvalue weighted by atomic mass is 9.96. The Balaban J connectivity index is 1.37. The maximum Gasteiger partial charge on any atom is 0.243 e. The number of nitrogens with zero attached hydrogens (tertiary/aromatic N) is 3. The number of benzene rings is 3. The van der Waals surface area contributed by atoms with Crippen LogP contribution in [0.1, 0.15) is 18.4 Å². The van der Waals surface area contributed by atoms with Gasteiger partial charge in [0.15, 0.2) is 10.9 Å². The van der Waals surface area contributed by atoms with Gasteiger partial charge in [0.2, 0.25) is 15.9 Å². The monoisotopic (exact) mass is 557 g/mol. The highest BCUT2D eigenvalue weighted by Gasteiger charge is 2.35. The zero-order valence-electron chi connectivity index (χ0n) is 20.5. The van der Waals surface area contributed by atoms with Crippen LogP contribution in [0.15, 0.2) is 71.6 Å². The molecule has 1 amide bonds. The molecular weight excluding hydrogens is 532 g/mol. The number of methoxy groups -OCH3 is 1. The van der Waals surface area contributed by atoms with Crippen molar-refractivity contribution >= 4 is 42.6 Å². The van der Waals surface area contributed by atoms with Gasteiger partial charge in [-0.15, -0.1) is 0 Å². The van der Waals surface area contributed by atoms with Crippen LogP contribution in [0.25, 0.3) is 10.2 Å². The maximum atomic E-state index is 14.4. The summed E-state index contributed by atoms with van der Waals surface area (Å²) in [6.45, 7) is 0.571. The minimum absolute atomic E-state index is 0.0117. The lowest BCUT2D eigenvalue weighted by Crippen LogP contribution is -2.44. The molecule has 2 heterocycles. The molecule has 38 heavy (non-hydrogen) atoms. The normalized spacial score (nSPS) is 15.0. The number of hydrogen-bond donors (Lipinski definition) is 0. The van der Waals surface area contributed by atoms with E-state index in [2.05, 4.69) is 4.98 Å². The van der Waals surface area contributed by atoms with Gasteiger partial charge in [-0.1, -0.05) is 41.7 Å². The molecule has 0 saturated carbocycles. The fraction of sp³-hybridized carbons (Fsp3) is 0.259. The van der Waals surface area contributed by atoms with Gasteiger partial charge in [-0.05, 0) is 48.7 Å². The van der Waals surface area contributed by atoms with E-state index in [0.717, 1.165) is 23.0 Å². The molecule has 5 rings (SSSR count). The third kappa shape index (κ3) is 5.27. The van der Waals surface area contributed by atoms with Gasteiger partial charge in [0.1, 0.15) is 17.1 Å². The Morgan fingerprint density at radius 1 is 1.08 bits per heavy atom. The number of anilines is 1. The van der Waals surface area contributed by atoms with E-state index >= 15 is 0 Å². The second-order valence-electron chi connectivity index (χ2n) is 8.99. The van der Waals surface area contributed by atoms with E-state index in [1.165, 1.54) is 34.5 Å². The van der Waals surface area contributed by atoms with E-state index in [9.17, 15) is 22.0 Å². The molecule has 0 unspecified atom stereocenters. The predicted octanol–water partition coefficient (Wildman–Crippen LogP) is 5.22. The molecule has 7 nitrogen and oxygen atoms in total. The van der Waals surface area contributed by atoms with Crippen LogP contribution in [-0.4, -0.2) is 43.8 Å². The Kier molecular flexibility index (Phi) is 7.42. The largest absolute Gasteiger partial charge is 0.497 e.